The molecule has 0 saturated heterocycles. The standard InChI is InChI=1S/C19H17Cl2N3OS2/c1-10(2)7-17(25)24-19(26)23-15-8-11(12(20)9-13(15)21)18-22-14-5-3-4-6-16(14)27-18/h3-6,8-10H,7H2,1-2H3,(H2,23,24,25,26). The van der Waals surface area contributed by atoms with Gasteiger partial charge in [0.25, 0.3) is 0 Å². The molecule has 4 nitrogen and oxygen atoms in total. The molecule has 0 spiro atoms. The number of hydrogen-bond acceptors (Lipinski definition) is 4. The maximum absolute atomic E-state index is 11.9. The molecule has 1 amide bonds. The highest BCUT2D eigenvalue weighted by Gasteiger charge is 2.15. The summed E-state index contributed by atoms with van der Waals surface area (Å²) in [6.07, 6.45) is 0.396. The molecule has 3 aromatic rings. The zero-order valence-corrected chi connectivity index (χ0v) is 17.8. The van der Waals surface area contributed by atoms with E-state index in [-0.39, 0.29) is 16.9 Å². The van der Waals surface area contributed by atoms with Crippen LogP contribution in [0.1, 0.15) is 20.3 Å². The van der Waals surface area contributed by atoms with Crippen LogP contribution in [0.2, 0.25) is 10.0 Å². The molecule has 0 saturated carbocycles. The van der Waals surface area contributed by atoms with E-state index in [1.165, 1.54) is 0 Å². The Morgan fingerprint density at radius 1 is 1.22 bits per heavy atom. The van der Waals surface area contributed by atoms with Gasteiger partial charge in [0.1, 0.15) is 5.01 Å². The largest absolute Gasteiger partial charge is 0.331 e. The lowest BCUT2D eigenvalue weighted by Gasteiger charge is -2.13. The van der Waals surface area contributed by atoms with Crippen LogP contribution in [0.25, 0.3) is 20.8 Å². The first-order chi connectivity index (χ1) is 12.8. The van der Waals surface area contributed by atoms with Crippen molar-refractivity contribution in [3.63, 3.8) is 0 Å². The van der Waals surface area contributed by atoms with Gasteiger partial charge in [-0.3, -0.25) is 4.79 Å². The van der Waals surface area contributed by atoms with Gasteiger partial charge >= 0.3 is 0 Å². The van der Waals surface area contributed by atoms with Gasteiger partial charge in [0.05, 0.1) is 25.9 Å². The van der Waals surface area contributed by atoms with Gasteiger partial charge in [-0.05, 0) is 42.4 Å². The lowest BCUT2D eigenvalue weighted by molar-refractivity contribution is -0.120. The Morgan fingerprint density at radius 2 is 1.96 bits per heavy atom. The molecule has 0 fully saturated rings. The number of thiazole rings is 1. The number of halogens is 2. The van der Waals surface area contributed by atoms with Crippen molar-refractivity contribution in [1.82, 2.24) is 10.3 Å². The smallest absolute Gasteiger partial charge is 0.226 e. The number of carbonyl (C=O) groups excluding carboxylic acids is 1. The molecule has 3 rings (SSSR count). The molecule has 1 aromatic heterocycles. The van der Waals surface area contributed by atoms with Gasteiger partial charge < -0.3 is 10.6 Å². The molecular formula is C19H17Cl2N3OS2. The van der Waals surface area contributed by atoms with E-state index < -0.39 is 0 Å². The minimum absolute atomic E-state index is 0.140. The van der Waals surface area contributed by atoms with Crippen LogP contribution >= 0.6 is 46.8 Å². The Hall–Kier alpha value is -1.73. The Bertz CT molecular complexity index is 984. The van der Waals surface area contributed by atoms with Gasteiger partial charge in [-0.15, -0.1) is 11.3 Å². The molecular weight excluding hydrogens is 421 g/mol. The van der Waals surface area contributed by atoms with Crippen molar-refractivity contribution in [2.45, 2.75) is 20.3 Å². The predicted octanol–water partition coefficient (Wildman–Crippen LogP) is 6.13. The van der Waals surface area contributed by atoms with Crippen molar-refractivity contribution in [3.05, 3.63) is 46.4 Å². The molecule has 8 heteroatoms. The molecule has 140 valence electrons. The average Bonchev–Trinajstić information content (AvgIpc) is 3.00. The summed E-state index contributed by atoms with van der Waals surface area (Å²) in [6, 6.07) is 11.3. The summed E-state index contributed by atoms with van der Waals surface area (Å²) in [5, 5.41) is 7.52. The molecule has 1 heterocycles. The Kier molecular flexibility index (Phi) is 6.32. The van der Waals surface area contributed by atoms with Crippen LogP contribution in [-0.4, -0.2) is 16.0 Å². The number of nitrogens with zero attached hydrogens (tertiary/aromatic N) is 1. The lowest BCUT2D eigenvalue weighted by Crippen LogP contribution is -2.34. The first-order valence-electron chi connectivity index (χ1n) is 8.29. The number of benzene rings is 2. The summed E-state index contributed by atoms with van der Waals surface area (Å²) >= 11 is 19.5. The van der Waals surface area contributed by atoms with Gasteiger partial charge in [0.2, 0.25) is 5.91 Å². The number of thiocarbonyl (C=S) groups is 1. The number of rotatable bonds is 4. The minimum Gasteiger partial charge on any atom is -0.331 e. The highest BCUT2D eigenvalue weighted by atomic mass is 35.5. The maximum atomic E-state index is 11.9. The van der Waals surface area contributed by atoms with Gasteiger partial charge in [0, 0.05) is 12.0 Å². The summed E-state index contributed by atoms with van der Waals surface area (Å²) in [6.45, 7) is 3.94. The monoisotopic (exact) mass is 437 g/mol. The number of fused-ring (bicyclic) bond motifs is 1. The van der Waals surface area contributed by atoms with E-state index in [1.807, 2.05) is 38.1 Å². The van der Waals surface area contributed by atoms with Gasteiger partial charge in [-0.2, -0.15) is 0 Å². The van der Waals surface area contributed by atoms with Crippen LogP contribution in [0.5, 0.6) is 0 Å². The average molecular weight is 438 g/mol. The van der Waals surface area contributed by atoms with E-state index in [4.69, 9.17) is 35.4 Å². The third kappa shape index (κ3) is 4.96. The first-order valence-corrected chi connectivity index (χ1v) is 10.3. The van der Waals surface area contributed by atoms with Gasteiger partial charge in [0.15, 0.2) is 5.11 Å². The molecule has 0 radical (unpaired) electrons. The summed E-state index contributed by atoms with van der Waals surface area (Å²) in [7, 11) is 0. The van der Waals surface area contributed by atoms with Crippen LogP contribution in [0.4, 0.5) is 5.69 Å². The van der Waals surface area contributed by atoms with E-state index in [1.54, 1.807) is 23.5 Å². The summed E-state index contributed by atoms with van der Waals surface area (Å²) in [5.41, 5.74) is 2.22. The summed E-state index contributed by atoms with van der Waals surface area (Å²) in [5.74, 6) is 0.108. The predicted molar refractivity (Wildman–Crippen MR) is 119 cm³/mol. The molecule has 0 aliphatic rings. The third-order valence-electron chi connectivity index (χ3n) is 3.68. The number of carbonyl (C=O) groups is 1. The maximum Gasteiger partial charge on any atom is 0.226 e. The van der Waals surface area contributed by atoms with E-state index in [0.717, 1.165) is 20.8 Å². The van der Waals surface area contributed by atoms with Crippen LogP contribution in [0, 0.1) is 5.92 Å². The first kappa shape index (κ1) is 20.0. The fourth-order valence-electron chi connectivity index (χ4n) is 2.50. The Labute approximate surface area is 176 Å². The van der Waals surface area contributed by atoms with E-state index >= 15 is 0 Å². The SMILES string of the molecule is CC(C)CC(=O)NC(=S)Nc1cc(-c2nc3ccccc3s2)c(Cl)cc1Cl. The number of amides is 1. The lowest BCUT2D eigenvalue weighted by atomic mass is 10.1. The molecule has 0 unspecified atom stereocenters. The molecule has 2 N–H and O–H groups in total. The Morgan fingerprint density at radius 3 is 2.67 bits per heavy atom. The number of anilines is 1. The van der Waals surface area contributed by atoms with Crippen molar-refractivity contribution in [2.24, 2.45) is 5.92 Å². The normalized spacial score (nSPS) is 11.0. The fourth-order valence-corrected chi connectivity index (χ4v) is 4.29. The topological polar surface area (TPSA) is 54.0 Å². The zero-order chi connectivity index (χ0) is 19.6. The van der Waals surface area contributed by atoms with Crippen molar-refractivity contribution in [2.75, 3.05) is 5.32 Å². The third-order valence-corrected chi connectivity index (χ3v) is 5.58. The summed E-state index contributed by atoms with van der Waals surface area (Å²) < 4.78 is 1.07. The number of aromatic nitrogens is 1. The second kappa shape index (κ2) is 8.52. The molecule has 2 aromatic carbocycles. The van der Waals surface area contributed by atoms with Gasteiger partial charge in [-0.1, -0.05) is 49.2 Å². The van der Waals surface area contributed by atoms with Crippen molar-refractivity contribution < 1.29 is 4.79 Å². The highest BCUT2D eigenvalue weighted by Crippen LogP contribution is 2.38. The van der Waals surface area contributed by atoms with Crippen LogP contribution in [-0.2, 0) is 4.79 Å². The Balaban J connectivity index is 1.85. The fraction of sp³-hybridized carbons (Fsp3) is 0.211. The highest BCUT2D eigenvalue weighted by molar-refractivity contribution is 7.80. The van der Waals surface area contributed by atoms with Crippen LogP contribution in [0.15, 0.2) is 36.4 Å². The van der Waals surface area contributed by atoms with E-state index in [2.05, 4.69) is 15.6 Å². The number of para-hydroxylation sites is 1. The molecule has 0 bridgehead atoms. The van der Waals surface area contributed by atoms with E-state index in [0.29, 0.717) is 22.2 Å². The molecule has 0 aliphatic carbocycles. The second-order valence-corrected chi connectivity index (χ2v) is 8.65. The summed E-state index contributed by atoms with van der Waals surface area (Å²) in [4.78, 5) is 16.5. The number of hydrogen-bond donors (Lipinski definition) is 2. The van der Waals surface area contributed by atoms with Crippen LogP contribution < -0.4 is 10.6 Å². The van der Waals surface area contributed by atoms with E-state index in [9.17, 15) is 4.79 Å². The zero-order valence-electron chi connectivity index (χ0n) is 14.7. The van der Waals surface area contributed by atoms with Crippen molar-refractivity contribution in [1.29, 1.82) is 0 Å². The van der Waals surface area contributed by atoms with Gasteiger partial charge in [-0.25, -0.2) is 4.98 Å². The molecule has 27 heavy (non-hydrogen) atoms. The minimum atomic E-state index is -0.140. The number of nitrogens with one attached hydrogen (secondary N) is 2. The molecule has 0 atom stereocenters. The van der Waals surface area contributed by atoms with Crippen molar-refractivity contribution in [3.8, 4) is 10.6 Å². The quantitative estimate of drug-likeness (QED) is 0.481. The second-order valence-electron chi connectivity index (χ2n) is 6.40. The molecule has 0 aliphatic heterocycles. The van der Waals surface area contributed by atoms with Crippen LogP contribution in [0.3, 0.4) is 0 Å². The van der Waals surface area contributed by atoms with Crippen molar-refractivity contribution >= 4 is 73.7 Å².